The average molecular weight is 367 g/mol. The van der Waals surface area contributed by atoms with E-state index in [4.69, 9.17) is 23.2 Å². The SMILES string of the molecule is Cc1ccnc(C(C)C)c1-n1c(=O)nc(Cl)c2cc(F)c(Cl)nc21. The molecule has 0 radical (unpaired) electrons. The first-order chi connectivity index (χ1) is 11.3. The Kier molecular flexibility index (Phi) is 4.27. The van der Waals surface area contributed by atoms with Gasteiger partial charge in [-0.2, -0.15) is 4.98 Å². The van der Waals surface area contributed by atoms with Crippen LogP contribution in [0.5, 0.6) is 0 Å². The molecule has 3 heterocycles. The number of fused-ring (bicyclic) bond motifs is 1. The second-order valence-electron chi connectivity index (χ2n) is 5.67. The monoisotopic (exact) mass is 366 g/mol. The number of rotatable bonds is 2. The maximum Gasteiger partial charge on any atom is 0.355 e. The topological polar surface area (TPSA) is 60.7 Å². The molecule has 124 valence electrons. The highest BCUT2D eigenvalue weighted by Gasteiger charge is 2.20. The fourth-order valence-corrected chi connectivity index (χ4v) is 2.90. The van der Waals surface area contributed by atoms with Crippen molar-refractivity contribution in [2.75, 3.05) is 0 Å². The number of nitrogens with zero attached hydrogens (tertiary/aromatic N) is 4. The van der Waals surface area contributed by atoms with Gasteiger partial charge in [-0.15, -0.1) is 0 Å². The summed E-state index contributed by atoms with van der Waals surface area (Å²) in [7, 11) is 0. The Morgan fingerprint density at radius 3 is 2.58 bits per heavy atom. The molecule has 3 aromatic heterocycles. The molecule has 5 nitrogen and oxygen atoms in total. The van der Waals surface area contributed by atoms with E-state index in [-0.39, 0.29) is 27.3 Å². The van der Waals surface area contributed by atoms with Gasteiger partial charge in [-0.25, -0.2) is 18.7 Å². The Morgan fingerprint density at radius 2 is 1.92 bits per heavy atom. The number of aryl methyl sites for hydroxylation is 1. The van der Waals surface area contributed by atoms with E-state index in [0.29, 0.717) is 11.4 Å². The van der Waals surface area contributed by atoms with E-state index in [1.54, 1.807) is 12.3 Å². The second kappa shape index (κ2) is 6.11. The van der Waals surface area contributed by atoms with Crippen LogP contribution in [0.1, 0.15) is 31.0 Å². The molecule has 0 aromatic carbocycles. The predicted molar refractivity (Wildman–Crippen MR) is 91.7 cm³/mol. The number of hydrogen-bond acceptors (Lipinski definition) is 4. The Morgan fingerprint density at radius 1 is 1.21 bits per heavy atom. The maximum atomic E-state index is 13.8. The first kappa shape index (κ1) is 16.8. The summed E-state index contributed by atoms with van der Waals surface area (Å²) in [4.78, 5) is 24.7. The molecule has 0 saturated heterocycles. The molecule has 0 N–H and O–H groups in total. The number of aromatic nitrogens is 4. The van der Waals surface area contributed by atoms with Crippen LogP contribution in [0.3, 0.4) is 0 Å². The van der Waals surface area contributed by atoms with Crippen LogP contribution in [-0.2, 0) is 0 Å². The Hall–Kier alpha value is -2.05. The highest BCUT2D eigenvalue weighted by Crippen LogP contribution is 2.28. The summed E-state index contributed by atoms with van der Waals surface area (Å²) < 4.78 is 15.1. The van der Waals surface area contributed by atoms with Crippen molar-refractivity contribution in [3.05, 3.63) is 56.2 Å². The third-order valence-electron chi connectivity index (χ3n) is 3.66. The summed E-state index contributed by atoms with van der Waals surface area (Å²) in [5, 5.41) is -0.261. The van der Waals surface area contributed by atoms with Gasteiger partial charge in [0.2, 0.25) is 0 Å². The molecule has 0 atom stereocenters. The highest BCUT2D eigenvalue weighted by atomic mass is 35.5. The lowest BCUT2D eigenvalue weighted by atomic mass is 10.0. The zero-order valence-corrected chi connectivity index (χ0v) is 14.7. The lowest BCUT2D eigenvalue weighted by Crippen LogP contribution is -2.25. The Labute approximate surface area is 147 Å². The molecular formula is C16H13Cl2FN4O. The fourth-order valence-electron chi connectivity index (χ4n) is 2.55. The van der Waals surface area contributed by atoms with Crippen LogP contribution in [0.25, 0.3) is 16.7 Å². The summed E-state index contributed by atoms with van der Waals surface area (Å²) >= 11 is 11.8. The van der Waals surface area contributed by atoms with Gasteiger partial charge >= 0.3 is 5.69 Å². The summed E-state index contributed by atoms with van der Waals surface area (Å²) in [6, 6.07) is 2.90. The summed E-state index contributed by atoms with van der Waals surface area (Å²) in [5.41, 5.74) is 1.58. The molecule has 0 aliphatic rings. The zero-order chi connectivity index (χ0) is 17.6. The summed E-state index contributed by atoms with van der Waals surface area (Å²) in [6.07, 6.45) is 1.67. The minimum Gasteiger partial charge on any atom is -0.259 e. The van der Waals surface area contributed by atoms with Crippen LogP contribution in [0, 0.1) is 12.7 Å². The van der Waals surface area contributed by atoms with E-state index < -0.39 is 11.5 Å². The minimum absolute atomic E-state index is 0.0495. The number of hydrogen-bond donors (Lipinski definition) is 0. The van der Waals surface area contributed by atoms with Gasteiger partial charge in [0.25, 0.3) is 0 Å². The number of pyridine rings is 2. The first-order valence-corrected chi connectivity index (χ1v) is 7.97. The third-order valence-corrected chi connectivity index (χ3v) is 4.21. The van der Waals surface area contributed by atoms with Gasteiger partial charge in [0.15, 0.2) is 16.6 Å². The minimum atomic E-state index is -0.731. The van der Waals surface area contributed by atoms with Crippen LogP contribution in [0.4, 0.5) is 4.39 Å². The smallest absolute Gasteiger partial charge is 0.259 e. The van der Waals surface area contributed by atoms with E-state index in [2.05, 4.69) is 15.0 Å². The van der Waals surface area contributed by atoms with Crippen molar-refractivity contribution in [3.63, 3.8) is 0 Å². The number of halogens is 3. The summed E-state index contributed by atoms with van der Waals surface area (Å²) in [6.45, 7) is 5.77. The molecule has 8 heteroatoms. The van der Waals surface area contributed by atoms with Gasteiger partial charge < -0.3 is 0 Å². The Balaban J connectivity index is 2.53. The Bertz CT molecular complexity index is 1020. The average Bonchev–Trinajstić information content (AvgIpc) is 2.50. The van der Waals surface area contributed by atoms with Crippen LogP contribution in [0.15, 0.2) is 23.1 Å². The lowest BCUT2D eigenvalue weighted by Gasteiger charge is -2.17. The predicted octanol–water partition coefficient (Wildman–Crippen LogP) is 4.05. The molecule has 0 bridgehead atoms. The van der Waals surface area contributed by atoms with E-state index in [1.807, 2.05) is 20.8 Å². The molecule has 24 heavy (non-hydrogen) atoms. The van der Waals surface area contributed by atoms with Crippen molar-refractivity contribution in [2.45, 2.75) is 26.7 Å². The third kappa shape index (κ3) is 2.65. The van der Waals surface area contributed by atoms with Gasteiger partial charge in [0.1, 0.15) is 5.15 Å². The second-order valence-corrected chi connectivity index (χ2v) is 6.39. The molecule has 0 amide bonds. The van der Waals surface area contributed by atoms with Gasteiger partial charge in [-0.3, -0.25) is 4.98 Å². The van der Waals surface area contributed by atoms with E-state index in [1.165, 1.54) is 4.57 Å². The van der Waals surface area contributed by atoms with E-state index >= 15 is 0 Å². The molecular weight excluding hydrogens is 354 g/mol. The van der Waals surface area contributed by atoms with Gasteiger partial charge in [0.05, 0.1) is 16.8 Å². The fraction of sp³-hybridized carbons (Fsp3) is 0.250. The van der Waals surface area contributed by atoms with Crippen LogP contribution >= 0.6 is 23.2 Å². The molecule has 0 saturated carbocycles. The van der Waals surface area contributed by atoms with Crippen LogP contribution < -0.4 is 5.69 Å². The standard InChI is InChI=1S/C16H13Cl2FN4O/c1-7(2)11-12(8(3)4-5-20-11)23-15-9(13(17)22-16(23)24)6-10(19)14(18)21-15/h4-7H,1-3H3. The summed E-state index contributed by atoms with van der Waals surface area (Å²) in [5.74, 6) is -0.682. The van der Waals surface area contributed by atoms with Crippen molar-refractivity contribution in [1.29, 1.82) is 0 Å². The molecule has 0 aliphatic carbocycles. The van der Waals surface area contributed by atoms with Crippen molar-refractivity contribution in [1.82, 2.24) is 19.5 Å². The van der Waals surface area contributed by atoms with Crippen LogP contribution in [-0.4, -0.2) is 19.5 Å². The van der Waals surface area contributed by atoms with Crippen molar-refractivity contribution >= 4 is 34.2 Å². The first-order valence-electron chi connectivity index (χ1n) is 7.21. The molecule has 3 aromatic rings. The van der Waals surface area contributed by atoms with Gasteiger partial charge in [-0.1, -0.05) is 37.0 Å². The zero-order valence-electron chi connectivity index (χ0n) is 13.1. The molecule has 0 spiro atoms. The molecule has 0 aliphatic heterocycles. The quantitative estimate of drug-likeness (QED) is 0.506. The lowest BCUT2D eigenvalue weighted by molar-refractivity contribution is 0.624. The van der Waals surface area contributed by atoms with Crippen molar-refractivity contribution < 1.29 is 4.39 Å². The van der Waals surface area contributed by atoms with E-state index in [0.717, 1.165) is 11.6 Å². The molecule has 0 unspecified atom stereocenters. The highest BCUT2D eigenvalue weighted by molar-refractivity contribution is 6.34. The molecule has 0 fully saturated rings. The normalized spacial score (nSPS) is 11.5. The van der Waals surface area contributed by atoms with Gasteiger partial charge in [0, 0.05) is 6.20 Å². The van der Waals surface area contributed by atoms with Crippen LogP contribution in [0.2, 0.25) is 10.3 Å². The van der Waals surface area contributed by atoms with Crippen molar-refractivity contribution in [2.24, 2.45) is 0 Å². The largest absolute Gasteiger partial charge is 0.355 e. The maximum absolute atomic E-state index is 13.8. The van der Waals surface area contributed by atoms with E-state index in [9.17, 15) is 9.18 Å². The van der Waals surface area contributed by atoms with Gasteiger partial charge in [-0.05, 0) is 30.5 Å². The molecule has 3 rings (SSSR count). The van der Waals surface area contributed by atoms with Crippen molar-refractivity contribution in [3.8, 4) is 5.69 Å².